The van der Waals surface area contributed by atoms with Gasteiger partial charge in [0, 0.05) is 11.1 Å². The molecule has 2 heterocycles. The number of aryl methyl sites for hydroxylation is 2. The molecule has 0 radical (unpaired) electrons. The Balaban J connectivity index is 2.88. The second kappa shape index (κ2) is 3.00. The molecule has 3 nitrogen and oxygen atoms in total. The molecule has 0 saturated carbocycles. The van der Waals surface area contributed by atoms with Gasteiger partial charge in [0.25, 0.3) is 0 Å². The molecule has 68 valence electrons. The van der Waals surface area contributed by atoms with E-state index in [9.17, 15) is 0 Å². The van der Waals surface area contributed by atoms with E-state index in [1.807, 2.05) is 6.92 Å². The third kappa shape index (κ3) is 1.20. The van der Waals surface area contributed by atoms with Crippen LogP contribution in [0.3, 0.4) is 0 Å². The molecule has 0 atom stereocenters. The van der Waals surface area contributed by atoms with Crippen molar-refractivity contribution in [1.82, 2.24) is 15.2 Å². The highest BCUT2D eigenvalue weighted by Crippen LogP contribution is 2.26. The smallest absolute Gasteiger partial charge is 0.161 e. The number of nitrogens with one attached hydrogen (secondary N) is 1. The molecule has 1 N–H and O–H groups in total. The van der Waals surface area contributed by atoms with Gasteiger partial charge in [-0.1, -0.05) is 18.5 Å². The van der Waals surface area contributed by atoms with Gasteiger partial charge in [0.1, 0.15) is 0 Å². The van der Waals surface area contributed by atoms with E-state index in [2.05, 4.69) is 22.1 Å². The van der Waals surface area contributed by atoms with Crippen molar-refractivity contribution in [1.29, 1.82) is 0 Å². The first-order chi connectivity index (χ1) is 6.24. The summed E-state index contributed by atoms with van der Waals surface area (Å²) in [4.78, 5) is 3.23. The van der Waals surface area contributed by atoms with Gasteiger partial charge in [-0.2, -0.15) is 5.10 Å². The highest BCUT2D eigenvalue weighted by atomic mass is 35.5. The summed E-state index contributed by atoms with van der Waals surface area (Å²) >= 11 is 5.96. The summed E-state index contributed by atoms with van der Waals surface area (Å²) in [6, 6.07) is 0. The third-order valence-corrected chi connectivity index (χ3v) is 2.50. The Hall–Kier alpha value is -1.09. The standard InChI is InChI=1S/C9H10ClN3/c1-3-6-5(2)12-7-4-11-13-9(10)8(6)7/h4,12H,3H2,1-2H3. The molecule has 2 rings (SSSR count). The summed E-state index contributed by atoms with van der Waals surface area (Å²) in [5.74, 6) is 0. The van der Waals surface area contributed by atoms with Crippen molar-refractivity contribution >= 4 is 22.5 Å². The van der Waals surface area contributed by atoms with Crippen molar-refractivity contribution in [3.05, 3.63) is 22.6 Å². The van der Waals surface area contributed by atoms with Crippen molar-refractivity contribution in [2.75, 3.05) is 0 Å². The van der Waals surface area contributed by atoms with E-state index >= 15 is 0 Å². The van der Waals surface area contributed by atoms with Gasteiger partial charge >= 0.3 is 0 Å². The Labute approximate surface area is 81.1 Å². The predicted octanol–water partition coefficient (Wildman–Crippen LogP) is 2.48. The highest BCUT2D eigenvalue weighted by Gasteiger charge is 2.10. The van der Waals surface area contributed by atoms with Crippen LogP contribution in [-0.2, 0) is 6.42 Å². The van der Waals surface area contributed by atoms with E-state index in [0.29, 0.717) is 5.15 Å². The lowest BCUT2D eigenvalue weighted by Crippen LogP contribution is -1.84. The van der Waals surface area contributed by atoms with Gasteiger partial charge in [0.05, 0.1) is 11.7 Å². The molecular weight excluding hydrogens is 186 g/mol. The molecule has 0 aliphatic rings. The molecule has 0 fully saturated rings. The molecule has 0 amide bonds. The van der Waals surface area contributed by atoms with Gasteiger partial charge in [-0.25, -0.2) is 0 Å². The van der Waals surface area contributed by atoms with Crippen molar-refractivity contribution in [2.45, 2.75) is 20.3 Å². The Kier molecular flexibility index (Phi) is 1.96. The van der Waals surface area contributed by atoms with Gasteiger partial charge in [0.15, 0.2) is 5.15 Å². The largest absolute Gasteiger partial charge is 0.357 e. The molecular formula is C9H10ClN3. The highest BCUT2D eigenvalue weighted by molar-refractivity contribution is 6.34. The Bertz CT molecular complexity index is 447. The van der Waals surface area contributed by atoms with Crippen LogP contribution in [-0.4, -0.2) is 15.2 Å². The van der Waals surface area contributed by atoms with Crippen LogP contribution in [0.2, 0.25) is 5.15 Å². The average molecular weight is 196 g/mol. The van der Waals surface area contributed by atoms with E-state index in [1.165, 1.54) is 5.56 Å². The molecule has 0 unspecified atom stereocenters. The maximum absolute atomic E-state index is 5.96. The molecule has 2 aromatic rings. The SMILES string of the molecule is CCc1c(C)[nH]c2cnnc(Cl)c12. The summed E-state index contributed by atoms with van der Waals surface area (Å²) in [5, 5.41) is 9.11. The fourth-order valence-corrected chi connectivity index (χ4v) is 1.91. The molecule has 0 spiro atoms. The first-order valence-electron chi connectivity index (χ1n) is 4.22. The van der Waals surface area contributed by atoms with Gasteiger partial charge in [-0.15, -0.1) is 5.10 Å². The molecule has 0 aliphatic heterocycles. The number of aromatic nitrogens is 3. The van der Waals surface area contributed by atoms with E-state index in [0.717, 1.165) is 23.0 Å². The van der Waals surface area contributed by atoms with Crippen LogP contribution in [0.4, 0.5) is 0 Å². The number of aromatic amines is 1. The van der Waals surface area contributed by atoms with Crippen LogP contribution >= 0.6 is 11.6 Å². The van der Waals surface area contributed by atoms with Crippen LogP contribution in [0.15, 0.2) is 6.20 Å². The minimum Gasteiger partial charge on any atom is -0.357 e. The van der Waals surface area contributed by atoms with Gasteiger partial charge < -0.3 is 4.98 Å². The van der Waals surface area contributed by atoms with Gasteiger partial charge in [-0.05, 0) is 18.9 Å². The van der Waals surface area contributed by atoms with E-state index in [4.69, 9.17) is 11.6 Å². The number of hydrogen-bond acceptors (Lipinski definition) is 2. The maximum Gasteiger partial charge on any atom is 0.161 e. The zero-order chi connectivity index (χ0) is 9.42. The second-order valence-electron chi connectivity index (χ2n) is 3.01. The van der Waals surface area contributed by atoms with Crippen molar-refractivity contribution < 1.29 is 0 Å². The Morgan fingerprint density at radius 2 is 2.31 bits per heavy atom. The second-order valence-corrected chi connectivity index (χ2v) is 3.36. The zero-order valence-corrected chi connectivity index (χ0v) is 8.31. The monoisotopic (exact) mass is 195 g/mol. The van der Waals surface area contributed by atoms with E-state index in [-0.39, 0.29) is 0 Å². The van der Waals surface area contributed by atoms with Crippen LogP contribution in [0.25, 0.3) is 10.9 Å². The Morgan fingerprint density at radius 3 is 3.00 bits per heavy atom. The fourth-order valence-electron chi connectivity index (χ4n) is 1.65. The number of nitrogens with zero attached hydrogens (tertiary/aromatic N) is 2. The molecule has 13 heavy (non-hydrogen) atoms. The number of hydrogen-bond donors (Lipinski definition) is 1. The maximum atomic E-state index is 5.96. The minimum atomic E-state index is 0.485. The number of halogens is 1. The number of fused-ring (bicyclic) bond motifs is 1. The molecule has 0 saturated heterocycles. The van der Waals surface area contributed by atoms with Gasteiger partial charge in [-0.3, -0.25) is 0 Å². The lowest BCUT2D eigenvalue weighted by Gasteiger charge is -1.95. The fraction of sp³-hybridized carbons (Fsp3) is 0.333. The van der Waals surface area contributed by atoms with Crippen LogP contribution in [0, 0.1) is 6.92 Å². The van der Waals surface area contributed by atoms with E-state index in [1.54, 1.807) is 6.20 Å². The van der Waals surface area contributed by atoms with Crippen LogP contribution < -0.4 is 0 Å². The minimum absolute atomic E-state index is 0.485. The summed E-state index contributed by atoms with van der Waals surface area (Å²) in [5.41, 5.74) is 3.35. The molecule has 0 bridgehead atoms. The van der Waals surface area contributed by atoms with Crippen molar-refractivity contribution in [2.24, 2.45) is 0 Å². The molecule has 0 aliphatic carbocycles. The summed E-state index contributed by atoms with van der Waals surface area (Å²) in [6.45, 7) is 4.14. The molecule has 4 heteroatoms. The normalized spacial score (nSPS) is 11.0. The topological polar surface area (TPSA) is 41.6 Å². The lowest BCUT2D eigenvalue weighted by molar-refractivity contribution is 1.05. The Morgan fingerprint density at radius 1 is 1.54 bits per heavy atom. The predicted molar refractivity (Wildman–Crippen MR) is 53.0 cm³/mol. The molecule has 2 aromatic heterocycles. The summed E-state index contributed by atoms with van der Waals surface area (Å²) in [6.07, 6.45) is 2.66. The van der Waals surface area contributed by atoms with Crippen molar-refractivity contribution in [3.63, 3.8) is 0 Å². The lowest BCUT2D eigenvalue weighted by atomic mass is 10.1. The van der Waals surface area contributed by atoms with Crippen LogP contribution in [0.1, 0.15) is 18.2 Å². The molecule has 0 aromatic carbocycles. The third-order valence-electron chi connectivity index (χ3n) is 2.24. The number of H-pyrrole nitrogens is 1. The first-order valence-corrected chi connectivity index (χ1v) is 4.60. The first kappa shape index (κ1) is 8.51. The van der Waals surface area contributed by atoms with E-state index < -0.39 is 0 Å². The van der Waals surface area contributed by atoms with Crippen LogP contribution in [0.5, 0.6) is 0 Å². The average Bonchev–Trinajstić information content (AvgIpc) is 2.42. The van der Waals surface area contributed by atoms with Gasteiger partial charge in [0.2, 0.25) is 0 Å². The summed E-state index contributed by atoms with van der Waals surface area (Å²) in [7, 11) is 0. The number of rotatable bonds is 1. The van der Waals surface area contributed by atoms with Crippen molar-refractivity contribution in [3.8, 4) is 0 Å². The zero-order valence-electron chi connectivity index (χ0n) is 7.56. The quantitative estimate of drug-likeness (QED) is 0.760. The summed E-state index contributed by atoms with van der Waals surface area (Å²) < 4.78 is 0.